The Morgan fingerprint density at radius 1 is 1.07 bits per heavy atom. The predicted octanol–water partition coefficient (Wildman–Crippen LogP) is 1.66. The van der Waals surface area contributed by atoms with Crippen molar-refractivity contribution in [3.8, 4) is 5.75 Å². The van der Waals surface area contributed by atoms with E-state index in [1.807, 2.05) is 0 Å². The monoisotopic (exact) mass is 442 g/mol. The molecule has 0 unspecified atom stereocenters. The third-order valence-electron chi connectivity index (χ3n) is 4.06. The van der Waals surface area contributed by atoms with Gasteiger partial charge in [-0.15, -0.1) is 0 Å². The van der Waals surface area contributed by atoms with Gasteiger partial charge in [-0.1, -0.05) is 18.2 Å². The molecule has 0 spiro atoms. The van der Waals surface area contributed by atoms with Gasteiger partial charge in [0.05, 0.1) is 22.6 Å². The summed E-state index contributed by atoms with van der Waals surface area (Å²) >= 11 is 0. The first kappa shape index (κ1) is 22.7. The number of nitrogens with zero attached hydrogens (tertiary/aromatic N) is 1. The minimum atomic E-state index is -3.97. The van der Waals surface area contributed by atoms with Crippen molar-refractivity contribution in [1.29, 1.82) is 0 Å². The minimum absolute atomic E-state index is 0.0459. The maximum Gasteiger partial charge on any atom is 0.303 e. The largest absolute Gasteiger partial charge is 0.495 e. The molecule has 0 aromatic heterocycles. The number of benzene rings is 2. The molecular formula is C18H22N2O7S2. The van der Waals surface area contributed by atoms with Crippen LogP contribution in [-0.4, -0.2) is 48.6 Å². The third-order valence-corrected chi connectivity index (χ3v) is 7.31. The second-order valence-corrected chi connectivity index (χ2v) is 9.75. The SMILES string of the molecule is COc1ccc(S(=O)(=O)NCCCC(=O)O)cc1N(C)S(=O)(=O)c1ccccc1. The normalized spacial score (nSPS) is 11.8. The van der Waals surface area contributed by atoms with Gasteiger partial charge in [0.15, 0.2) is 0 Å². The molecule has 158 valence electrons. The van der Waals surface area contributed by atoms with Gasteiger partial charge in [-0.3, -0.25) is 9.10 Å². The number of carboxylic acid groups (broad SMARTS) is 1. The third kappa shape index (κ3) is 5.46. The molecule has 0 radical (unpaired) electrons. The van der Waals surface area contributed by atoms with Crippen molar-refractivity contribution in [2.45, 2.75) is 22.6 Å². The number of hydrogen-bond donors (Lipinski definition) is 2. The standard InChI is InChI=1S/C18H22N2O7S2/c1-20(29(25,26)14-7-4-3-5-8-14)16-13-15(10-11-17(16)27-2)28(23,24)19-12-6-9-18(21)22/h3-5,7-8,10-11,13,19H,6,9,12H2,1-2H3,(H,21,22). The summed E-state index contributed by atoms with van der Waals surface area (Å²) in [4.78, 5) is 10.4. The number of ether oxygens (including phenoxy) is 1. The van der Waals surface area contributed by atoms with Crippen LogP contribution in [0.15, 0.2) is 58.3 Å². The zero-order valence-electron chi connectivity index (χ0n) is 15.9. The first-order valence-corrected chi connectivity index (χ1v) is 11.5. The maximum atomic E-state index is 12.9. The van der Waals surface area contributed by atoms with Gasteiger partial charge in [0.1, 0.15) is 5.75 Å². The van der Waals surface area contributed by atoms with Crippen LogP contribution in [-0.2, 0) is 24.8 Å². The summed E-state index contributed by atoms with van der Waals surface area (Å²) in [5.41, 5.74) is 0.0461. The Bertz CT molecular complexity index is 1070. The fourth-order valence-electron chi connectivity index (χ4n) is 2.49. The second kappa shape index (κ2) is 9.25. The summed E-state index contributed by atoms with van der Waals surface area (Å²) in [7, 11) is -5.26. The molecule has 0 aliphatic rings. The summed E-state index contributed by atoms with van der Waals surface area (Å²) in [5.74, 6) is -0.847. The molecule has 0 amide bonds. The van der Waals surface area contributed by atoms with Crippen LogP contribution in [0.5, 0.6) is 5.75 Å². The molecule has 0 atom stereocenters. The Hall–Kier alpha value is -2.63. The summed E-state index contributed by atoms with van der Waals surface area (Å²) in [6.07, 6.45) is -0.0473. The molecule has 29 heavy (non-hydrogen) atoms. The molecule has 2 aromatic carbocycles. The topological polar surface area (TPSA) is 130 Å². The highest BCUT2D eigenvalue weighted by atomic mass is 32.2. The lowest BCUT2D eigenvalue weighted by molar-refractivity contribution is -0.137. The van der Waals surface area contributed by atoms with Gasteiger partial charge in [-0.25, -0.2) is 21.6 Å². The van der Waals surface area contributed by atoms with Gasteiger partial charge < -0.3 is 9.84 Å². The first-order valence-electron chi connectivity index (χ1n) is 8.53. The Labute approximate surface area is 170 Å². The van der Waals surface area contributed by atoms with E-state index < -0.39 is 26.0 Å². The van der Waals surface area contributed by atoms with Gasteiger partial charge in [0, 0.05) is 20.0 Å². The summed E-state index contributed by atoms with van der Waals surface area (Å²) in [5, 5.41) is 8.63. The highest BCUT2D eigenvalue weighted by molar-refractivity contribution is 7.92. The number of methoxy groups -OCH3 is 1. The van der Waals surface area contributed by atoms with Crippen molar-refractivity contribution in [3.63, 3.8) is 0 Å². The van der Waals surface area contributed by atoms with Crippen LogP contribution in [0.1, 0.15) is 12.8 Å². The van der Waals surface area contributed by atoms with Crippen molar-refractivity contribution >= 4 is 31.7 Å². The van der Waals surface area contributed by atoms with Crippen LogP contribution >= 0.6 is 0 Å². The highest BCUT2D eigenvalue weighted by Crippen LogP contribution is 2.33. The summed E-state index contributed by atoms with van der Waals surface area (Å²) < 4.78 is 59.2. The maximum absolute atomic E-state index is 12.9. The van der Waals surface area contributed by atoms with Crippen molar-refractivity contribution in [3.05, 3.63) is 48.5 Å². The molecule has 0 aliphatic heterocycles. The number of anilines is 1. The fraction of sp³-hybridized carbons (Fsp3) is 0.278. The zero-order valence-corrected chi connectivity index (χ0v) is 17.5. The Kier molecular flexibility index (Phi) is 7.22. The molecule has 0 aliphatic carbocycles. The number of hydrogen-bond acceptors (Lipinski definition) is 6. The number of nitrogens with one attached hydrogen (secondary N) is 1. The van der Waals surface area contributed by atoms with Gasteiger partial charge in [-0.05, 0) is 36.8 Å². The molecule has 11 heteroatoms. The van der Waals surface area contributed by atoms with E-state index in [2.05, 4.69) is 4.72 Å². The van der Waals surface area contributed by atoms with E-state index in [0.29, 0.717) is 0 Å². The van der Waals surface area contributed by atoms with E-state index >= 15 is 0 Å². The van der Waals surface area contributed by atoms with Gasteiger partial charge >= 0.3 is 5.97 Å². The van der Waals surface area contributed by atoms with Crippen LogP contribution in [0.25, 0.3) is 0 Å². The number of carbonyl (C=O) groups is 1. The zero-order chi connectivity index (χ0) is 21.7. The van der Waals surface area contributed by atoms with Crippen LogP contribution < -0.4 is 13.8 Å². The smallest absolute Gasteiger partial charge is 0.303 e. The van der Waals surface area contributed by atoms with Gasteiger partial charge in [0.2, 0.25) is 10.0 Å². The molecule has 0 fully saturated rings. The molecular weight excluding hydrogens is 420 g/mol. The van der Waals surface area contributed by atoms with E-state index in [-0.39, 0.29) is 40.6 Å². The van der Waals surface area contributed by atoms with E-state index in [4.69, 9.17) is 9.84 Å². The molecule has 0 bridgehead atoms. The van der Waals surface area contributed by atoms with Crippen molar-refractivity contribution in [2.24, 2.45) is 0 Å². The fourth-order valence-corrected chi connectivity index (χ4v) is 4.81. The number of carboxylic acids is 1. The molecule has 2 aromatic rings. The van der Waals surface area contributed by atoms with Crippen LogP contribution in [0.2, 0.25) is 0 Å². The Morgan fingerprint density at radius 2 is 1.72 bits per heavy atom. The number of rotatable bonds is 10. The molecule has 0 saturated heterocycles. The molecule has 0 heterocycles. The molecule has 0 saturated carbocycles. The molecule has 2 N–H and O–H groups in total. The van der Waals surface area contributed by atoms with Crippen LogP contribution in [0, 0.1) is 0 Å². The average Bonchev–Trinajstić information content (AvgIpc) is 2.70. The van der Waals surface area contributed by atoms with Crippen molar-refractivity contribution in [1.82, 2.24) is 4.72 Å². The van der Waals surface area contributed by atoms with E-state index in [9.17, 15) is 21.6 Å². The van der Waals surface area contributed by atoms with Crippen molar-refractivity contribution in [2.75, 3.05) is 25.0 Å². The Balaban J connectivity index is 2.37. The highest BCUT2D eigenvalue weighted by Gasteiger charge is 2.25. The molecule has 2 rings (SSSR count). The average molecular weight is 443 g/mol. The van der Waals surface area contributed by atoms with Crippen LogP contribution in [0.4, 0.5) is 5.69 Å². The van der Waals surface area contributed by atoms with E-state index in [1.54, 1.807) is 18.2 Å². The second-order valence-electron chi connectivity index (χ2n) is 6.01. The minimum Gasteiger partial charge on any atom is -0.495 e. The lowest BCUT2D eigenvalue weighted by atomic mass is 10.3. The van der Waals surface area contributed by atoms with E-state index in [1.165, 1.54) is 44.5 Å². The van der Waals surface area contributed by atoms with Gasteiger partial charge in [-0.2, -0.15) is 0 Å². The number of aliphatic carboxylic acids is 1. The summed E-state index contributed by atoms with van der Waals surface area (Å²) in [6, 6.07) is 11.6. The number of sulfonamides is 2. The van der Waals surface area contributed by atoms with Gasteiger partial charge in [0.25, 0.3) is 10.0 Å². The van der Waals surface area contributed by atoms with Crippen molar-refractivity contribution < 1.29 is 31.5 Å². The Morgan fingerprint density at radius 3 is 2.31 bits per heavy atom. The molecule has 9 nitrogen and oxygen atoms in total. The lowest BCUT2D eigenvalue weighted by Crippen LogP contribution is -2.28. The van der Waals surface area contributed by atoms with Crippen LogP contribution in [0.3, 0.4) is 0 Å². The predicted molar refractivity (Wildman–Crippen MR) is 107 cm³/mol. The quantitative estimate of drug-likeness (QED) is 0.535. The summed E-state index contributed by atoms with van der Waals surface area (Å²) in [6.45, 7) is -0.0614. The lowest BCUT2D eigenvalue weighted by Gasteiger charge is -2.22. The van der Waals surface area contributed by atoms with E-state index in [0.717, 1.165) is 4.31 Å². The first-order chi connectivity index (χ1) is 13.6.